The van der Waals surface area contributed by atoms with Gasteiger partial charge in [0.2, 0.25) is 0 Å². The second-order valence-electron chi connectivity index (χ2n) is 4.26. The Morgan fingerprint density at radius 1 is 1.33 bits per heavy atom. The largest absolute Gasteiger partial charge is 0.326 e. The predicted molar refractivity (Wildman–Crippen MR) is 74.8 cm³/mol. The van der Waals surface area contributed by atoms with Crippen LogP contribution in [0.3, 0.4) is 0 Å². The standard InChI is InChI=1S/C13H20N4S/c1-3-5-14-6-11-7-15-10-17(11)9-13-16-8-12(4-2)18-13/h7-8,10,14H,3-6,9H2,1-2H3. The van der Waals surface area contributed by atoms with Crippen molar-refractivity contribution in [3.8, 4) is 0 Å². The number of nitrogens with zero attached hydrogens (tertiary/aromatic N) is 3. The van der Waals surface area contributed by atoms with Gasteiger partial charge in [-0.1, -0.05) is 13.8 Å². The van der Waals surface area contributed by atoms with Crippen LogP contribution in [0, 0.1) is 0 Å². The van der Waals surface area contributed by atoms with Gasteiger partial charge in [0.25, 0.3) is 0 Å². The molecule has 0 spiro atoms. The summed E-state index contributed by atoms with van der Waals surface area (Å²) in [7, 11) is 0. The molecule has 2 rings (SSSR count). The molecule has 0 unspecified atom stereocenters. The number of rotatable bonds is 7. The molecule has 1 N–H and O–H groups in total. The Morgan fingerprint density at radius 2 is 2.22 bits per heavy atom. The molecule has 0 atom stereocenters. The van der Waals surface area contributed by atoms with Crippen molar-refractivity contribution in [2.45, 2.75) is 39.8 Å². The van der Waals surface area contributed by atoms with Crippen LogP contribution >= 0.6 is 11.3 Å². The van der Waals surface area contributed by atoms with Crippen molar-refractivity contribution < 1.29 is 0 Å². The highest BCUT2D eigenvalue weighted by atomic mass is 32.1. The molecule has 2 aromatic heterocycles. The number of imidazole rings is 1. The minimum atomic E-state index is 0.827. The topological polar surface area (TPSA) is 42.7 Å². The van der Waals surface area contributed by atoms with E-state index in [4.69, 9.17) is 0 Å². The Morgan fingerprint density at radius 3 is 2.94 bits per heavy atom. The molecule has 0 saturated heterocycles. The molecule has 0 aliphatic rings. The van der Waals surface area contributed by atoms with Crippen LogP contribution in [-0.2, 0) is 19.5 Å². The third kappa shape index (κ3) is 3.40. The first-order valence-corrected chi connectivity index (χ1v) is 7.28. The number of hydrogen-bond acceptors (Lipinski definition) is 4. The Balaban J connectivity index is 1.98. The van der Waals surface area contributed by atoms with Gasteiger partial charge in [0.05, 0.1) is 18.6 Å². The molecular weight excluding hydrogens is 244 g/mol. The summed E-state index contributed by atoms with van der Waals surface area (Å²) in [6.45, 7) is 7.08. The molecule has 0 aromatic carbocycles. The summed E-state index contributed by atoms with van der Waals surface area (Å²) < 4.78 is 2.17. The lowest BCUT2D eigenvalue weighted by Gasteiger charge is -2.07. The van der Waals surface area contributed by atoms with Gasteiger partial charge in [0.1, 0.15) is 5.01 Å². The Kier molecular flexibility index (Phi) is 4.90. The zero-order valence-corrected chi connectivity index (χ0v) is 11.8. The molecule has 0 saturated carbocycles. The summed E-state index contributed by atoms with van der Waals surface area (Å²) in [6.07, 6.45) is 8.01. The molecule has 2 heterocycles. The number of aromatic nitrogens is 3. The van der Waals surface area contributed by atoms with Crippen molar-refractivity contribution in [2.24, 2.45) is 0 Å². The van der Waals surface area contributed by atoms with Crippen molar-refractivity contribution in [2.75, 3.05) is 6.54 Å². The Hall–Kier alpha value is -1.20. The molecule has 2 aromatic rings. The van der Waals surface area contributed by atoms with E-state index in [2.05, 4.69) is 33.7 Å². The Labute approximate surface area is 112 Å². The summed E-state index contributed by atoms with van der Waals surface area (Å²) in [5.74, 6) is 0. The van der Waals surface area contributed by atoms with Crippen molar-refractivity contribution >= 4 is 11.3 Å². The first-order chi connectivity index (χ1) is 8.83. The predicted octanol–water partition coefficient (Wildman–Crippen LogP) is 2.45. The lowest BCUT2D eigenvalue weighted by molar-refractivity contribution is 0.629. The van der Waals surface area contributed by atoms with Gasteiger partial charge in [-0.3, -0.25) is 0 Å². The fraction of sp³-hybridized carbons (Fsp3) is 0.538. The van der Waals surface area contributed by atoms with E-state index in [9.17, 15) is 0 Å². The Bertz CT molecular complexity index is 475. The summed E-state index contributed by atoms with van der Waals surface area (Å²) in [6, 6.07) is 0. The zero-order valence-electron chi connectivity index (χ0n) is 11.0. The van der Waals surface area contributed by atoms with Crippen molar-refractivity contribution in [3.63, 3.8) is 0 Å². The average molecular weight is 264 g/mol. The highest BCUT2D eigenvalue weighted by Crippen LogP contribution is 2.15. The second kappa shape index (κ2) is 6.66. The molecule has 0 aliphatic heterocycles. The van der Waals surface area contributed by atoms with Gasteiger partial charge in [-0.05, 0) is 19.4 Å². The lowest BCUT2D eigenvalue weighted by atomic mass is 10.4. The van der Waals surface area contributed by atoms with Crippen LogP contribution in [0.1, 0.15) is 35.8 Å². The fourth-order valence-corrected chi connectivity index (χ4v) is 2.62. The average Bonchev–Trinajstić information content (AvgIpc) is 3.00. The van der Waals surface area contributed by atoms with Gasteiger partial charge in [-0.25, -0.2) is 9.97 Å². The van der Waals surface area contributed by atoms with Crippen molar-refractivity contribution in [1.82, 2.24) is 19.9 Å². The molecule has 0 aliphatic carbocycles. The SMILES string of the molecule is CCCNCc1cncn1Cc1ncc(CC)s1. The van der Waals surface area contributed by atoms with Crippen LogP contribution in [0.2, 0.25) is 0 Å². The second-order valence-corrected chi connectivity index (χ2v) is 5.46. The summed E-state index contributed by atoms with van der Waals surface area (Å²) >= 11 is 1.79. The van der Waals surface area contributed by atoms with Gasteiger partial charge >= 0.3 is 0 Å². The van der Waals surface area contributed by atoms with Crippen LogP contribution in [0.5, 0.6) is 0 Å². The minimum Gasteiger partial charge on any atom is -0.326 e. The van der Waals surface area contributed by atoms with E-state index in [1.165, 1.54) is 10.6 Å². The number of aryl methyl sites for hydroxylation is 1. The molecule has 98 valence electrons. The quantitative estimate of drug-likeness (QED) is 0.781. The van der Waals surface area contributed by atoms with E-state index < -0.39 is 0 Å². The minimum absolute atomic E-state index is 0.827. The smallest absolute Gasteiger partial charge is 0.113 e. The summed E-state index contributed by atoms with van der Waals surface area (Å²) in [5.41, 5.74) is 1.22. The van der Waals surface area contributed by atoms with Gasteiger partial charge in [0.15, 0.2) is 0 Å². The van der Waals surface area contributed by atoms with Crippen LogP contribution in [0.4, 0.5) is 0 Å². The van der Waals surface area contributed by atoms with Crippen molar-refractivity contribution in [1.29, 1.82) is 0 Å². The monoisotopic (exact) mass is 264 g/mol. The van der Waals surface area contributed by atoms with E-state index in [-0.39, 0.29) is 0 Å². The molecule has 4 nitrogen and oxygen atoms in total. The highest BCUT2D eigenvalue weighted by molar-refractivity contribution is 7.11. The summed E-state index contributed by atoms with van der Waals surface area (Å²) in [5, 5.41) is 4.56. The molecule has 0 radical (unpaired) electrons. The molecule has 5 heteroatoms. The number of hydrogen-bond donors (Lipinski definition) is 1. The molecule has 0 fully saturated rings. The third-order valence-corrected chi connectivity index (χ3v) is 3.91. The van der Waals surface area contributed by atoms with Crippen LogP contribution in [0.15, 0.2) is 18.7 Å². The third-order valence-electron chi connectivity index (χ3n) is 2.79. The van der Waals surface area contributed by atoms with Crippen molar-refractivity contribution in [3.05, 3.63) is 34.3 Å². The van der Waals surface area contributed by atoms with Gasteiger partial charge in [-0.2, -0.15) is 0 Å². The molecule has 0 amide bonds. The first kappa shape index (κ1) is 13.2. The molecule has 0 bridgehead atoms. The van der Waals surface area contributed by atoms with Gasteiger partial charge in [0, 0.05) is 23.8 Å². The number of thiazole rings is 1. The highest BCUT2D eigenvalue weighted by Gasteiger charge is 2.05. The van der Waals surface area contributed by atoms with E-state index in [1.807, 2.05) is 18.7 Å². The van der Waals surface area contributed by atoms with Gasteiger partial charge < -0.3 is 9.88 Å². The van der Waals surface area contributed by atoms with E-state index in [0.717, 1.165) is 37.5 Å². The maximum Gasteiger partial charge on any atom is 0.113 e. The van der Waals surface area contributed by atoms with Crippen LogP contribution < -0.4 is 5.32 Å². The zero-order chi connectivity index (χ0) is 12.8. The first-order valence-electron chi connectivity index (χ1n) is 6.46. The van der Waals surface area contributed by atoms with E-state index >= 15 is 0 Å². The lowest BCUT2D eigenvalue weighted by Crippen LogP contribution is -2.16. The molecule has 18 heavy (non-hydrogen) atoms. The van der Waals surface area contributed by atoms with Crippen LogP contribution in [-0.4, -0.2) is 21.1 Å². The van der Waals surface area contributed by atoms with Crippen LogP contribution in [0.25, 0.3) is 0 Å². The maximum absolute atomic E-state index is 4.45. The van der Waals surface area contributed by atoms with E-state index in [1.54, 1.807) is 11.3 Å². The van der Waals surface area contributed by atoms with Gasteiger partial charge in [-0.15, -0.1) is 11.3 Å². The maximum atomic E-state index is 4.45. The van der Waals surface area contributed by atoms with E-state index in [0.29, 0.717) is 0 Å². The fourth-order valence-electron chi connectivity index (χ4n) is 1.76. The molecular formula is C13H20N4S. The summed E-state index contributed by atoms with van der Waals surface area (Å²) in [4.78, 5) is 10.0. The normalized spacial score (nSPS) is 11.0. The number of nitrogens with one attached hydrogen (secondary N) is 1.